The molecule has 1 unspecified atom stereocenters. The molecule has 86 valence electrons. The molecule has 15 heavy (non-hydrogen) atoms. The van der Waals surface area contributed by atoms with Crippen LogP contribution in [0.1, 0.15) is 25.7 Å². The molecular formula is C11H20N2O2. The molecule has 0 radical (unpaired) electrons. The fourth-order valence-corrected chi connectivity index (χ4v) is 2.34. The van der Waals surface area contributed by atoms with E-state index in [1.54, 1.807) is 7.11 Å². The Balaban J connectivity index is 1.83. The van der Waals surface area contributed by atoms with Crippen molar-refractivity contribution in [3.05, 3.63) is 0 Å². The number of rotatable bonds is 5. The van der Waals surface area contributed by atoms with Crippen molar-refractivity contribution in [2.45, 2.75) is 31.7 Å². The van der Waals surface area contributed by atoms with Gasteiger partial charge >= 0.3 is 0 Å². The van der Waals surface area contributed by atoms with E-state index < -0.39 is 0 Å². The number of amides is 1. The van der Waals surface area contributed by atoms with Crippen molar-refractivity contribution >= 4 is 5.91 Å². The second kappa shape index (κ2) is 4.10. The lowest BCUT2D eigenvalue weighted by Gasteiger charge is -2.23. The fraction of sp³-hybridized carbons (Fsp3) is 0.909. The maximum atomic E-state index is 11.6. The lowest BCUT2D eigenvalue weighted by molar-refractivity contribution is -0.128. The molecule has 1 heterocycles. The summed E-state index contributed by atoms with van der Waals surface area (Å²) in [6.45, 7) is 2.44. The first-order valence-corrected chi connectivity index (χ1v) is 5.67. The van der Waals surface area contributed by atoms with Crippen LogP contribution in [0.5, 0.6) is 0 Å². The molecule has 2 rings (SSSR count). The minimum absolute atomic E-state index is 0.0516. The molecule has 0 aromatic carbocycles. The molecule has 1 saturated carbocycles. The molecule has 0 aromatic heterocycles. The van der Waals surface area contributed by atoms with Crippen LogP contribution in [0.3, 0.4) is 0 Å². The molecule has 0 bridgehead atoms. The molecule has 1 saturated heterocycles. The second-order valence-electron chi connectivity index (χ2n) is 4.98. The molecule has 0 aromatic rings. The second-order valence-corrected chi connectivity index (χ2v) is 4.98. The lowest BCUT2D eigenvalue weighted by Crippen LogP contribution is -2.34. The number of nitrogens with two attached hydrogens (primary N) is 1. The number of hydrogen-bond acceptors (Lipinski definition) is 3. The largest absolute Gasteiger partial charge is 0.385 e. The summed E-state index contributed by atoms with van der Waals surface area (Å²) in [4.78, 5) is 13.5. The summed E-state index contributed by atoms with van der Waals surface area (Å²) in [5, 5.41) is 0. The first-order chi connectivity index (χ1) is 7.15. The van der Waals surface area contributed by atoms with Crippen LogP contribution in [0.2, 0.25) is 0 Å². The van der Waals surface area contributed by atoms with E-state index in [1.807, 2.05) is 4.90 Å². The van der Waals surface area contributed by atoms with Crippen molar-refractivity contribution in [1.29, 1.82) is 0 Å². The number of carbonyl (C=O) groups excluding carboxylic acids is 1. The maximum Gasteiger partial charge on any atom is 0.224 e. The highest BCUT2D eigenvalue weighted by atomic mass is 16.5. The number of likely N-dealkylation sites (tertiary alicyclic amines) is 1. The van der Waals surface area contributed by atoms with E-state index in [1.165, 1.54) is 12.8 Å². The highest BCUT2D eigenvalue weighted by Gasteiger charge is 2.45. The third kappa shape index (κ3) is 2.49. The molecule has 1 aliphatic carbocycles. The van der Waals surface area contributed by atoms with Gasteiger partial charge in [-0.05, 0) is 24.7 Å². The quantitative estimate of drug-likeness (QED) is 0.716. The molecule has 1 amide bonds. The summed E-state index contributed by atoms with van der Waals surface area (Å²) in [6, 6.07) is 0.0516. The average molecular weight is 212 g/mol. The van der Waals surface area contributed by atoms with Gasteiger partial charge in [0.15, 0.2) is 0 Å². The zero-order valence-corrected chi connectivity index (χ0v) is 9.37. The molecule has 2 fully saturated rings. The fourth-order valence-electron chi connectivity index (χ4n) is 2.34. The number of hydrogen-bond donors (Lipinski definition) is 1. The van der Waals surface area contributed by atoms with Crippen molar-refractivity contribution in [2.75, 3.05) is 26.8 Å². The van der Waals surface area contributed by atoms with Crippen molar-refractivity contribution in [3.63, 3.8) is 0 Å². The van der Waals surface area contributed by atoms with Gasteiger partial charge in [0.2, 0.25) is 5.91 Å². The van der Waals surface area contributed by atoms with Gasteiger partial charge in [-0.15, -0.1) is 0 Å². The monoisotopic (exact) mass is 212 g/mol. The Labute approximate surface area is 90.8 Å². The van der Waals surface area contributed by atoms with E-state index >= 15 is 0 Å². The summed E-state index contributed by atoms with van der Waals surface area (Å²) < 4.78 is 5.10. The molecule has 0 spiro atoms. The molecule has 2 N–H and O–H groups in total. The minimum Gasteiger partial charge on any atom is -0.385 e. The van der Waals surface area contributed by atoms with Gasteiger partial charge < -0.3 is 15.4 Å². The van der Waals surface area contributed by atoms with Gasteiger partial charge in [0, 0.05) is 39.3 Å². The zero-order valence-electron chi connectivity index (χ0n) is 9.37. The summed E-state index contributed by atoms with van der Waals surface area (Å²) in [5.74, 6) is 0.228. The van der Waals surface area contributed by atoms with Gasteiger partial charge in [-0.25, -0.2) is 0 Å². The van der Waals surface area contributed by atoms with Crippen LogP contribution in [0, 0.1) is 5.41 Å². The van der Waals surface area contributed by atoms with Crippen molar-refractivity contribution < 1.29 is 9.53 Å². The molecule has 4 heteroatoms. The van der Waals surface area contributed by atoms with Crippen LogP contribution < -0.4 is 5.73 Å². The summed E-state index contributed by atoms with van der Waals surface area (Å²) in [5.41, 5.74) is 6.12. The van der Waals surface area contributed by atoms with E-state index in [4.69, 9.17) is 10.5 Å². The highest BCUT2D eigenvalue weighted by molar-refractivity contribution is 5.79. The van der Waals surface area contributed by atoms with E-state index in [2.05, 4.69) is 0 Å². The SMILES string of the molecule is COCCC1(CN2CC(N)CC2=O)CC1. The summed E-state index contributed by atoms with van der Waals surface area (Å²) >= 11 is 0. The van der Waals surface area contributed by atoms with Gasteiger partial charge in [0.25, 0.3) is 0 Å². The maximum absolute atomic E-state index is 11.6. The van der Waals surface area contributed by atoms with Gasteiger partial charge in [0.05, 0.1) is 0 Å². The van der Waals surface area contributed by atoms with E-state index in [9.17, 15) is 4.79 Å². The summed E-state index contributed by atoms with van der Waals surface area (Å²) in [6.07, 6.45) is 4.06. The minimum atomic E-state index is 0.0516. The highest BCUT2D eigenvalue weighted by Crippen LogP contribution is 2.49. The number of ether oxygens (including phenoxy) is 1. The Morgan fingerprint density at radius 2 is 2.33 bits per heavy atom. The van der Waals surface area contributed by atoms with Gasteiger partial charge in [-0.3, -0.25) is 4.79 Å². The number of nitrogens with zero attached hydrogens (tertiary/aromatic N) is 1. The van der Waals surface area contributed by atoms with E-state index in [0.29, 0.717) is 11.8 Å². The van der Waals surface area contributed by atoms with Gasteiger partial charge in [0.1, 0.15) is 0 Å². The third-order valence-electron chi connectivity index (χ3n) is 3.56. The van der Waals surface area contributed by atoms with Crippen molar-refractivity contribution in [3.8, 4) is 0 Å². The Hall–Kier alpha value is -0.610. The normalized spacial score (nSPS) is 28.5. The van der Waals surface area contributed by atoms with Crippen molar-refractivity contribution in [1.82, 2.24) is 4.90 Å². The Bertz CT molecular complexity index is 251. The first-order valence-electron chi connectivity index (χ1n) is 5.67. The van der Waals surface area contributed by atoms with Crippen molar-refractivity contribution in [2.24, 2.45) is 11.1 Å². The molecule has 4 nitrogen and oxygen atoms in total. The average Bonchev–Trinajstić information content (AvgIpc) is 2.87. The van der Waals surface area contributed by atoms with Crippen LogP contribution in [0.15, 0.2) is 0 Å². The zero-order chi connectivity index (χ0) is 10.9. The predicted molar refractivity (Wildman–Crippen MR) is 57.3 cm³/mol. The lowest BCUT2D eigenvalue weighted by atomic mass is 10.0. The molecule has 1 atom stereocenters. The third-order valence-corrected chi connectivity index (χ3v) is 3.56. The molecule has 1 aliphatic heterocycles. The van der Waals surface area contributed by atoms with Crippen LogP contribution >= 0.6 is 0 Å². The topological polar surface area (TPSA) is 55.6 Å². The Kier molecular flexibility index (Phi) is 2.98. The van der Waals surface area contributed by atoms with E-state index in [-0.39, 0.29) is 11.9 Å². The summed E-state index contributed by atoms with van der Waals surface area (Å²) in [7, 11) is 1.73. The van der Waals surface area contributed by atoms with Gasteiger partial charge in [-0.1, -0.05) is 0 Å². The van der Waals surface area contributed by atoms with Gasteiger partial charge in [-0.2, -0.15) is 0 Å². The van der Waals surface area contributed by atoms with Crippen LogP contribution in [-0.4, -0.2) is 43.7 Å². The van der Waals surface area contributed by atoms with Crippen LogP contribution in [-0.2, 0) is 9.53 Å². The number of methoxy groups -OCH3 is 1. The smallest absolute Gasteiger partial charge is 0.224 e. The predicted octanol–water partition coefficient (Wildman–Crippen LogP) is 0.363. The number of carbonyl (C=O) groups is 1. The molecular weight excluding hydrogens is 192 g/mol. The van der Waals surface area contributed by atoms with E-state index in [0.717, 1.165) is 26.1 Å². The first kappa shape index (κ1) is 10.9. The standard InChI is InChI=1S/C11H20N2O2/c1-15-5-4-11(2-3-11)8-13-7-9(12)6-10(13)14/h9H,2-8,12H2,1H3. The Morgan fingerprint density at radius 1 is 1.60 bits per heavy atom. The van der Waals surface area contributed by atoms with Crippen LogP contribution in [0.4, 0.5) is 0 Å². The Morgan fingerprint density at radius 3 is 2.80 bits per heavy atom. The van der Waals surface area contributed by atoms with Crippen LogP contribution in [0.25, 0.3) is 0 Å². The molecule has 2 aliphatic rings.